The van der Waals surface area contributed by atoms with E-state index in [1.165, 1.54) is 11.1 Å². The average molecular weight is 373 g/mol. The number of benzene rings is 2. The van der Waals surface area contributed by atoms with Gasteiger partial charge >= 0.3 is 0 Å². The van der Waals surface area contributed by atoms with Crippen molar-refractivity contribution in [2.75, 3.05) is 0 Å². The van der Waals surface area contributed by atoms with Gasteiger partial charge in [-0.2, -0.15) is 0 Å². The van der Waals surface area contributed by atoms with Gasteiger partial charge < -0.3 is 4.98 Å². The van der Waals surface area contributed by atoms with Crippen LogP contribution in [0.1, 0.15) is 5.69 Å². The van der Waals surface area contributed by atoms with Crippen molar-refractivity contribution in [2.24, 2.45) is 0 Å². The summed E-state index contributed by atoms with van der Waals surface area (Å²) in [4.78, 5) is 4.45. The van der Waals surface area contributed by atoms with Crippen LogP contribution in [0.15, 0.2) is 66.9 Å². The molecule has 0 fully saturated rings. The van der Waals surface area contributed by atoms with Gasteiger partial charge in [0.1, 0.15) is 0 Å². The minimum atomic E-state index is 0. The summed E-state index contributed by atoms with van der Waals surface area (Å²) >= 11 is 0. The molecule has 4 rings (SSSR count). The summed E-state index contributed by atoms with van der Waals surface area (Å²) in [5.41, 5.74) is 6.27. The summed E-state index contributed by atoms with van der Waals surface area (Å²) in [7, 11) is 0. The molecular formula is C19H14N3Y-. The van der Waals surface area contributed by atoms with E-state index >= 15 is 0 Å². The van der Waals surface area contributed by atoms with Crippen LogP contribution in [-0.4, -0.2) is 14.6 Å². The van der Waals surface area contributed by atoms with Gasteiger partial charge in [-0.1, -0.05) is 42.5 Å². The minimum absolute atomic E-state index is 0. The second-order valence-electron chi connectivity index (χ2n) is 5.26. The molecule has 0 aliphatic carbocycles. The third kappa shape index (κ3) is 2.99. The summed E-state index contributed by atoms with van der Waals surface area (Å²) in [5.74, 6) is 0. The molecule has 0 bridgehead atoms. The molecule has 4 aromatic rings. The van der Waals surface area contributed by atoms with E-state index in [4.69, 9.17) is 0 Å². The Labute approximate surface area is 160 Å². The number of hydrogen-bond acceptors (Lipinski definition) is 2. The monoisotopic (exact) mass is 373 g/mol. The molecule has 23 heavy (non-hydrogen) atoms. The van der Waals surface area contributed by atoms with Crippen LogP contribution >= 0.6 is 0 Å². The Balaban J connectivity index is 0.00000156. The molecule has 0 aliphatic rings. The molecule has 0 saturated carbocycles. The molecule has 0 N–H and O–H groups in total. The van der Waals surface area contributed by atoms with Crippen molar-refractivity contribution in [1.29, 1.82) is 0 Å². The first kappa shape index (κ1) is 16.0. The van der Waals surface area contributed by atoms with E-state index in [0.29, 0.717) is 0 Å². The molecule has 0 unspecified atom stereocenters. The predicted molar refractivity (Wildman–Crippen MR) is 87.4 cm³/mol. The van der Waals surface area contributed by atoms with Crippen LogP contribution in [-0.2, 0) is 32.7 Å². The van der Waals surface area contributed by atoms with Crippen LogP contribution in [0.25, 0.3) is 27.9 Å². The van der Waals surface area contributed by atoms with Gasteiger partial charge in [0.2, 0.25) is 0 Å². The topological polar surface area (TPSA) is 30.2 Å². The maximum Gasteiger partial charge on any atom is 0.0499 e. The molecule has 2 heterocycles. The molecule has 0 spiro atoms. The molecular weight excluding hydrogens is 359 g/mol. The summed E-state index contributed by atoms with van der Waals surface area (Å²) in [6, 6.07) is 20.7. The van der Waals surface area contributed by atoms with Crippen LogP contribution in [0, 0.1) is 13.1 Å². The van der Waals surface area contributed by atoms with Gasteiger partial charge in [0.15, 0.2) is 0 Å². The van der Waals surface area contributed by atoms with Crippen molar-refractivity contribution in [3.05, 3.63) is 78.8 Å². The number of hydrogen-bond donors (Lipinski definition) is 0. The second kappa shape index (κ2) is 6.73. The normalized spacial score (nSPS) is 10.5. The number of aryl methyl sites for hydroxylation is 1. The maximum atomic E-state index is 4.45. The fourth-order valence-corrected chi connectivity index (χ4v) is 2.63. The molecule has 1 radical (unpaired) electrons. The van der Waals surface area contributed by atoms with Crippen molar-refractivity contribution in [2.45, 2.75) is 6.92 Å². The van der Waals surface area contributed by atoms with Crippen molar-refractivity contribution < 1.29 is 32.7 Å². The number of rotatable bonds is 2. The summed E-state index contributed by atoms with van der Waals surface area (Å²) in [6.45, 7) is 2.01. The number of aromatic nitrogens is 3. The Kier molecular flexibility index (Phi) is 4.69. The van der Waals surface area contributed by atoms with Crippen LogP contribution in [0.4, 0.5) is 0 Å². The molecule has 0 aliphatic heterocycles. The SMILES string of the molecule is Cc1ccnc2c(-c3cccc(-c4ccccc4)c3)[c-]nn12.[Y]. The van der Waals surface area contributed by atoms with Gasteiger partial charge in [-0.15, -0.1) is 23.3 Å². The van der Waals surface area contributed by atoms with Gasteiger partial charge in [-0.05, 0) is 30.3 Å². The summed E-state index contributed by atoms with van der Waals surface area (Å²) in [6.07, 6.45) is 4.91. The molecule has 0 amide bonds. The van der Waals surface area contributed by atoms with Crippen molar-refractivity contribution in [1.82, 2.24) is 14.6 Å². The van der Waals surface area contributed by atoms with E-state index in [-0.39, 0.29) is 32.7 Å². The molecule has 2 aromatic carbocycles. The standard InChI is InChI=1S/C19H14N3.Y/c1-14-10-11-20-19-18(13-21-22(14)19)17-9-5-8-16(12-17)15-6-3-2-4-7-15;/h2-12H,1H3;/q-1;. The number of nitrogens with zero attached hydrogens (tertiary/aromatic N) is 3. The van der Waals surface area contributed by atoms with Gasteiger partial charge in [-0.3, -0.25) is 9.61 Å². The fraction of sp³-hybridized carbons (Fsp3) is 0.0526. The van der Waals surface area contributed by atoms with Gasteiger partial charge in [0.25, 0.3) is 0 Å². The van der Waals surface area contributed by atoms with Gasteiger partial charge in [0.05, 0.1) is 0 Å². The van der Waals surface area contributed by atoms with Crippen LogP contribution in [0.3, 0.4) is 0 Å². The van der Waals surface area contributed by atoms with E-state index < -0.39 is 0 Å². The molecule has 109 valence electrons. The quantitative estimate of drug-likeness (QED) is 0.494. The third-order valence-corrected chi connectivity index (χ3v) is 3.79. The predicted octanol–water partition coefficient (Wildman–Crippen LogP) is 4.17. The van der Waals surface area contributed by atoms with E-state index in [1.807, 2.05) is 41.9 Å². The van der Waals surface area contributed by atoms with E-state index in [1.54, 1.807) is 0 Å². The van der Waals surface area contributed by atoms with Crippen LogP contribution < -0.4 is 0 Å². The fourth-order valence-electron chi connectivity index (χ4n) is 2.63. The summed E-state index contributed by atoms with van der Waals surface area (Å²) in [5, 5.41) is 4.33. The first-order valence-corrected chi connectivity index (χ1v) is 7.21. The Hall–Kier alpha value is -1.84. The Morgan fingerprint density at radius 1 is 0.870 bits per heavy atom. The van der Waals surface area contributed by atoms with Gasteiger partial charge in [0, 0.05) is 50.2 Å². The molecule has 3 nitrogen and oxygen atoms in total. The minimum Gasteiger partial charge on any atom is -0.301 e. The molecule has 0 saturated heterocycles. The van der Waals surface area contributed by atoms with Crippen LogP contribution in [0.2, 0.25) is 0 Å². The Morgan fingerprint density at radius 3 is 2.43 bits per heavy atom. The van der Waals surface area contributed by atoms with Crippen molar-refractivity contribution >= 4 is 5.65 Å². The zero-order valence-corrected chi connectivity index (χ0v) is 15.6. The first-order valence-electron chi connectivity index (χ1n) is 7.21. The van der Waals surface area contributed by atoms with E-state index in [9.17, 15) is 0 Å². The van der Waals surface area contributed by atoms with E-state index in [0.717, 1.165) is 22.5 Å². The largest absolute Gasteiger partial charge is 0.301 e. The van der Waals surface area contributed by atoms with Gasteiger partial charge in [-0.25, -0.2) is 0 Å². The van der Waals surface area contributed by atoms with E-state index in [2.05, 4.69) is 52.7 Å². The maximum absolute atomic E-state index is 4.45. The first-order chi connectivity index (χ1) is 10.8. The van der Waals surface area contributed by atoms with Crippen molar-refractivity contribution in [3.8, 4) is 22.3 Å². The van der Waals surface area contributed by atoms with Crippen molar-refractivity contribution in [3.63, 3.8) is 0 Å². The summed E-state index contributed by atoms with van der Waals surface area (Å²) < 4.78 is 1.82. The Morgan fingerprint density at radius 2 is 1.61 bits per heavy atom. The van der Waals surface area contributed by atoms with Crippen LogP contribution in [0.5, 0.6) is 0 Å². The number of fused-ring (bicyclic) bond motifs is 1. The second-order valence-corrected chi connectivity index (χ2v) is 5.26. The zero-order chi connectivity index (χ0) is 14.9. The smallest absolute Gasteiger partial charge is 0.0499 e. The molecule has 4 heteroatoms. The molecule has 2 aromatic heterocycles. The third-order valence-electron chi connectivity index (χ3n) is 3.79. The molecule has 0 atom stereocenters. The Bertz CT molecular complexity index is 945. The average Bonchev–Trinajstić information content (AvgIpc) is 3.01. The zero-order valence-electron chi connectivity index (χ0n) is 12.8.